The predicted octanol–water partition coefficient (Wildman–Crippen LogP) is -0.344. The standard InChI is InChI=1S/C27H32FN7O5/c1-16(33-25(38)19-4-2-18(3-5-19)24(29)30)27(26(39)40,35-13-11-32-15-22(35)37)23(17-6-8-20(28)9-7-17)34-12-10-31-14-21(34)36/h2-9,16,23,31-32H,10-15H2,1H3,(H3,29,30)(H,33,38)(H,39,40). The highest BCUT2D eigenvalue weighted by Crippen LogP contribution is 2.41. The van der Waals surface area contributed by atoms with Gasteiger partial charge in [-0.2, -0.15) is 0 Å². The Morgan fingerprint density at radius 3 is 2.12 bits per heavy atom. The highest BCUT2D eigenvalue weighted by molar-refractivity contribution is 5.99. The third-order valence-electron chi connectivity index (χ3n) is 7.38. The summed E-state index contributed by atoms with van der Waals surface area (Å²) in [5, 5.41) is 27.2. The summed E-state index contributed by atoms with van der Waals surface area (Å²) >= 11 is 0. The number of carbonyl (C=O) groups excluding carboxylic acids is 3. The lowest BCUT2D eigenvalue weighted by Crippen LogP contribution is -2.75. The van der Waals surface area contributed by atoms with Crippen LogP contribution in [0.2, 0.25) is 0 Å². The summed E-state index contributed by atoms with van der Waals surface area (Å²) in [6.07, 6.45) is 0. The number of nitrogens with two attached hydrogens (primary N) is 1. The third kappa shape index (κ3) is 5.38. The normalized spacial score (nSPS) is 18.9. The Morgan fingerprint density at radius 2 is 1.57 bits per heavy atom. The molecule has 212 valence electrons. The second-order valence-corrected chi connectivity index (χ2v) is 9.76. The monoisotopic (exact) mass is 553 g/mol. The maximum absolute atomic E-state index is 14.0. The Kier molecular flexibility index (Phi) is 8.45. The fourth-order valence-electron chi connectivity index (χ4n) is 5.44. The molecule has 0 aliphatic carbocycles. The number of rotatable bonds is 9. The SMILES string of the molecule is CC(NC(=O)c1ccc(C(=N)N)cc1)C(C(=O)O)(C(c1ccc(F)cc1)N1CCNCC1=O)N1CCNCC1=O. The van der Waals surface area contributed by atoms with Gasteiger partial charge in [-0.05, 0) is 36.8 Å². The molecule has 40 heavy (non-hydrogen) atoms. The lowest BCUT2D eigenvalue weighted by atomic mass is 9.76. The molecule has 0 spiro atoms. The molecule has 0 radical (unpaired) electrons. The largest absolute Gasteiger partial charge is 0.479 e. The fourth-order valence-corrected chi connectivity index (χ4v) is 5.44. The molecule has 4 rings (SSSR count). The van der Waals surface area contributed by atoms with Crippen LogP contribution in [-0.4, -0.2) is 95.3 Å². The molecule has 0 aromatic heterocycles. The third-order valence-corrected chi connectivity index (χ3v) is 7.38. The van der Waals surface area contributed by atoms with E-state index in [9.17, 15) is 28.7 Å². The quantitative estimate of drug-likeness (QED) is 0.180. The molecule has 2 heterocycles. The van der Waals surface area contributed by atoms with E-state index in [1.54, 1.807) is 0 Å². The predicted molar refractivity (Wildman–Crippen MR) is 143 cm³/mol. The highest BCUT2D eigenvalue weighted by atomic mass is 19.1. The van der Waals surface area contributed by atoms with Crippen molar-refractivity contribution in [2.45, 2.75) is 24.5 Å². The van der Waals surface area contributed by atoms with Crippen molar-refractivity contribution in [1.29, 1.82) is 5.41 Å². The van der Waals surface area contributed by atoms with Crippen molar-refractivity contribution >= 4 is 29.5 Å². The van der Waals surface area contributed by atoms with Gasteiger partial charge in [-0.3, -0.25) is 19.8 Å². The van der Waals surface area contributed by atoms with Crippen molar-refractivity contribution in [1.82, 2.24) is 25.8 Å². The minimum Gasteiger partial charge on any atom is -0.479 e. The second kappa shape index (κ2) is 11.8. The van der Waals surface area contributed by atoms with Gasteiger partial charge < -0.3 is 36.6 Å². The average molecular weight is 554 g/mol. The number of nitrogens with zero attached hydrogens (tertiary/aromatic N) is 2. The number of amidine groups is 1. The molecule has 0 bridgehead atoms. The number of benzene rings is 2. The number of carbonyl (C=O) groups is 4. The van der Waals surface area contributed by atoms with Gasteiger partial charge in [0.1, 0.15) is 11.7 Å². The van der Waals surface area contributed by atoms with Crippen LogP contribution >= 0.6 is 0 Å². The molecule has 2 aromatic rings. The first kappa shape index (κ1) is 28.6. The second-order valence-electron chi connectivity index (χ2n) is 9.76. The van der Waals surface area contributed by atoms with Crippen molar-refractivity contribution < 1.29 is 28.7 Å². The van der Waals surface area contributed by atoms with E-state index in [1.807, 2.05) is 0 Å². The summed E-state index contributed by atoms with van der Waals surface area (Å²) in [4.78, 5) is 56.1. The summed E-state index contributed by atoms with van der Waals surface area (Å²) in [7, 11) is 0. The number of carboxylic acid groups (broad SMARTS) is 1. The van der Waals surface area contributed by atoms with Gasteiger partial charge in [0.2, 0.25) is 11.8 Å². The van der Waals surface area contributed by atoms with Gasteiger partial charge >= 0.3 is 5.97 Å². The molecular formula is C27H32FN7O5. The maximum atomic E-state index is 14.0. The Bertz CT molecular complexity index is 1300. The molecule has 3 amide bonds. The fraction of sp³-hybridized carbons (Fsp3) is 0.370. The van der Waals surface area contributed by atoms with Crippen LogP contribution in [0.15, 0.2) is 48.5 Å². The van der Waals surface area contributed by atoms with Crippen LogP contribution in [0, 0.1) is 11.2 Å². The van der Waals surface area contributed by atoms with E-state index in [1.165, 1.54) is 65.3 Å². The number of nitrogen functional groups attached to an aromatic ring is 1. The summed E-state index contributed by atoms with van der Waals surface area (Å²) in [6, 6.07) is 8.52. The van der Waals surface area contributed by atoms with Crippen LogP contribution < -0.4 is 21.7 Å². The molecular weight excluding hydrogens is 521 g/mol. The van der Waals surface area contributed by atoms with E-state index in [2.05, 4.69) is 16.0 Å². The summed E-state index contributed by atoms with van der Waals surface area (Å²) < 4.78 is 14.0. The van der Waals surface area contributed by atoms with E-state index in [0.717, 1.165) is 0 Å². The number of carboxylic acids is 1. The van der Waals surface area contributed by atoms with Crippen LogP contribution in [0.1, 0.15) is 34.5 Å². The molecule has 0 saturated carbocycles. The number of piperazine rings is 2. The van der Waals surface area contributed by atoms with Gasteiger partial charge in [0.15, 0.2) is 5.54 Å². The van der Waals surface area contributed by atoms with E-state index in [0.29, 0.717) is 24.2 Å². The zero-order valence-electron chi connectivity index (χ0n) is 21.9. The Balaban J connectivity index is 1.87. The zero-order valence-corrected chi connectivity index (χ0v) is 21.9. The molecule has 2 fully saturated rings. The number of aliphatic carboxylic acids is 1. The van der Waals surface area contributed by atoms with E-state index in [-0.39, 0.29) is 37.6 Å². The van der Waals surface area contributed by atoms with Crippen LogP contribution in [-0.2, 0) is 14.4 Å². The zero-order chi connectivity index (χ0) is 29.0. The molecule has 7 N–H and O–H groups in total. The van der Waals surface area contributed by atoms with Gasteiger partial charge in [0.05, 0.1) is 25.2 Å². The first-order valence-corrected chi connectivity index (χ1v) is 12.8. The van der Waals surface area contributed by atoms with Crippen molar-refractivity contribution in [2.75, 3.05) is 39.3 Å². The molecule has 3 atom stereocenters. The van der Waals surface area contributed by atoms with Crippen LogP contribution in [0.3, 0.4) is 0 Å². The Morgan fingerprint density at radius 1 is 1.00 bits per heavy atom. The Labute approximate surface area is 230 Å². The number of nitrogens with one attached hydrogen (secondary N) is 4. The number of amides is 3. The topological polar surface area (TPSA) is 181 Å². The van der Waals surface area contributed by atoms with Crippen LogP contribution in [0.4, 0.5) is 4.39 Å². The number of hydrogen-bond acceptors (Lipinski definition) is 7. The maximum Gasteiger partial charge on any atom is 0.334 e. The molecule has 13 heteroatoms. The first-order chi connectivity index (χ1) is 19.1. The first-order valence-electron chi connectivity index (χ1n) is 12.8. The number of halogens is 1. The van der Waals surface area contributed by atoms with E-state index < -0.39 is 47.1 Å². The molecule has 2 aliphatic heterocycles. The molecule has 3 unspecified atom stereocenters. The lowest BCUT2D eigenvalue weighted by molar-refractivity contribution is -0.172. The Hall–Kier alpha value is -4.36. The van der Waals surface area contributed by atoms with Gasteiger partial charge in [-0.25, -0.2) is 9.18 Å². The smallest absolute Gasteiger partial charge is 0.334 e. The van der Waals surface area contributed by atoms with Gasteiger partial charge in [-0.15, -0.1) is 0 Å². The van der Waals surface area contributed by atoms with E-state index in [4.69, 9.17) is 11.1 Å². The van der Waals surface area contributed by atoms with Crippen molar-refractivity contribution in [3.05, 3.63) is 71.0 Å². The van der Waals surface area contributed by atoms with Crippen molar-refractivity contribution in [3.63, 3.8) is 0 Å². The highest BCUT2D eigenvalue weighted by Gasteiger charge is 2.60. The lowest BCUT2D eigenvalue weighted by Gasteiger charge is -2.53. The molecule has 2 aliphatic rings. The average Bonchev–Trinajstić information content (AvgIpc) is 2.93. The van der Waals surface area contributed by atoms with Crippen LogP contribution in [0.5, 0.6) is 0 Å². The molecule has 2 saturated heterocycles. The van der Waals surface area contributed by atoms with Gasteiger partial charge in [0.25, 0.3) is 5.91 Å². The van der Waals surface area contributed by atoms with Crippen LogP contribution in [0.25, 0.3) is 0 Å². The van der Waals surface area contributed by atoms with E-state index >= 15 is 0 Å². The summed E-state index contributed by atoms with van der Waals surface area (Å²) in [6.45, 7) is 2.09. The molecule has 12 nitrogen and oxygen atoms in total. The summed E-state index contributed by atoms with van der Waals surface area (Å²) in [5.41, 5.74) is 4.22. The summed E-state index contributed by atoms with van der Waals surface area (Å²) in [5.74, 6) is -3.69. The van der Waals surface area contributed by atoms with Gasteiger partial charge in [0, 0.05) is 37.3 Å². The van der Waals surface area contributed by atoms with Crippen molar-refractivity contribution in [3.8, 4) is 0 Å². The minimum atomic E-state index is -2.17. The molecule has 2 aromatic carbocycles. The minimum absolute atomic E-state index is 0.00335. The van der Waals surface area contributed by atoms with Gasteiger partial charge in [-0.1, -0.05) is 24.3 Å². The number of hydrogen-bond donors (Lipinski definition) is 6. The van der Waals surface area contributed by atoms with Crippen molar-refractivity contribution in [2.24, 2.45) is 5.73 Å².